The fourth-order valence-electron chi connectivity index (χ4n) is 2.06. The molecule has 7 heteroatoms. The van der Waals surface area contributed by atoms with Crippen molar-refractivity contribution in [2.45, 2.75) is 44.9 Å². The van der Waals surface area contributed by atoms with E-state index in [0.29, 0.717) is 17.9 Å². The number of nitrogens with zero attached hydrogens (tertiary/aromatic N) is 2. The van der Waals surface area contributed by atoms with Crippen LogP contribution in [0.1, 0.15) is 35.6 Å². The zero-order valence-corrected chi connectivity index (χ0v) is 11.4. The maximum atomic E-state index is 12.1. The molecule has 1 heterocycles. The Morgan fingerprint density at radius 3 is 3.00 bits per heavy atom. The highest BCUT2D eigenvalue weighted by Gasteiger charge is 2.40. The lowest BCUT2D eigenvalue weighted by atomic mass is 9.83. The first kappa shape index (κ1) is 13.4. The van der Waals surface area contributed by atoms with Crippen molar-refractivity contribution in [3.8, 4) is 0 Å². The summed E-state index contributed by atoms with van der Waals surface area (Å²) in [6.45, 7) is 4.52. The number of nitrogens with one attached hydrogen (secondary N) is 1. The molecule has 1 aliphatic rings. The van der Waals surface area contributed by atoms with Crippen molar-refractivity contribution < 1.29 is 9.53 Å². The zero-order chi connectivity index (χ0) is 13.1. The van der Waals surface area contributed by atoms with Crippen molar-refractivity contribution >= 4 is 17.4 Å². The lowest BCUT2D eigenvalue weighted by molar-refractivity contribution is -0.0300. The number of ether oxygens (including phenoxy) is 1. The van der Waals surface area contributed by atoms with Crippen LogP contribution >= 0.6 is 11.5 Å². The van der Waals surface area contributed by atoms with Crippen molar-refractivity contribution in [1.82, 2.24) is 14.9 Å². The summed E-state index contributed by atoms with van der Waals surface area (Å²) in [7, 11) is 0. The summed E-state index contributed by atoms with van der Waals surface area (Å²) >= 11 is 1.12. The Balaban J connectivity index is 1.98. The number of carbonyl (C=O) groups is 1. The molecule has 1 amide bonds. The minimum Gasteiger partial charge on any atom is -0.376 e. The molecule has 1 aromatic rings. The van der Waals surface area contributed by atoms with Gasteiger partial charge in [-0.25, -0.2) is 0 Å². The Labute approximate surface area is 110 Å². The van der Waals surface area contributed by atoms with E-state index in [9.17, 15) is 4.79 Å². The first-order chi connectivity index (χ1) is 8.67. The molecular weight excluding hydrogens is 252 g/mol. The van der Waals surface area contributed by atoms with E-state index in [1.54, 1.807) is 0 Å². The number of rotatable bonds is 5. The van der Waals surface area contributed by atoms with E-state index >= 15 is 0 Å². The van der Waals surface area contributed by atoms with Gasteiger partial charge < -0.3 is 15.8 Å². The van der Waals surface area contributed by atoms with Crippen LogP contribution in [0.15, 0.2) is 0 Å². The maximum absolute atomic E-state index is 12.1. The fraction of sp³-hybridized carbons (Fsp3) is 0.727. The third-order valence-corrected chi connectivity index (χ3v) is 3.91. The van der Waals surface area contributed by atoms with Gasteiger partial charge in [0.05, 0.1) is 17.8 Å². The van der Waals surface area contributed by atoms with Crippen LogP contribution in [-0.2, 0) is 11.2 Å². The molecule has 1 saturated carbocycles. The smallest absolute Gasteiger partial charge is 0.265 e. The van der Waals surface area contributed by atoms with Crippen LogP contribution in [0.2, 0.25) is 0 Å². The summed E-state index contributed by atoms with van der Waals surface area (Å²) in [4.78, 5) is 12.7. The predicted molar refractivity (Wildman–Crippen MR) is 68.5 cm³/mol. The van der Waals surface area contributed by atoms with Gasteiger partial charge in [-0.1, -0.05) is 11.4 Å². The van der Waals surface area contributed by atoms with Crippen LogP contribution in [0, 0.1) is 0 Å². The largest absolute Gasteiger partial charge is 0.376 e. The lowest BCUT2D eigenvalue weighted by Crippen LogP contribution is -2.64. The number of nitrogens with two attached hydrogens (primary N) is 1. The molecule has 0 aromatic carbocycles. The van der Waals surface area contributed by atoms with Crippen LogP contribution in [0.5, 0.6) is 0 Å². The Morgan fingerprint density at radius 1 is 1.61 bits per heavy atom. The average Bonchev–Trinajstić information content (AvgIpc) is 2.83. The van der Waals surface area contributed by atoms with Crippen molar-refractivity contribution in [1.29, 1.82) is 0 Å². The molecule has 3 atom stereocenters. The Bertz CT molecular complexity index is 421. The first-order valence-electron chi connectivity index (χ1n) is 6.16. The fourth-order valence-corrected chi connectivity index (χ4v) is 2.71. The van der Waals surface area contributed by atoms with Gasteiger partial charge in [0.15, 0.2) is 0 Å². The summed E-state index contributed by atoms with van der Waals surface area (Å²) in [6, 6.07) is -0.138. The summed E-state index contributed by atoms with van der Waals surface area (Å²) in [5.41, 5.74) is 6.63. The van der Waals surface area contributed by atoms with E-state index in [4.69, 9.17) is 10.5 Å². The van der Waals surface area contributed by atoms with E-state index in [1.807, 2.05) is 13.8 Å². The van der Waals surface area contributed by atoms with Gasteiger partial charge in [0.25, 0.3) is 5.91 Å². The summed E-state index contributed by atoms with van der Waals surface area (Å²) in [6.07, 6.45) is 1.52. The van der Waals surface area contributed by atoms with Gasteiger partial charge >= 0.3 is 0 Å². The number of aromatic nitrogens is 2. The standard InChI is InChI=1S/C11H18N4O2S/c1-3-7-10(18-15-14-7)11(16)13-9-6(12)5-8(9)17-4-2/h6,8-9H,3-5,12H2,1-2H3,(H,13,16). The molecule has 0 bridgehead atoms. The minimum absolute atomic E-state index is 0.0277. The normalized spacial score (nSPS) is 26.7. The molecule has 2 rings (SSSR count). The van der Waals surface area contributed by atoms with Gasteiger partial charge in [-0.3, -0.25) is 4.79 Å². The highest BCUT2D eigenvalue weighted by molar-refractivity contribution is 7.08. The van der Waals surface area contributed by atoms with Crippen LogP contribution in [-0.4, -0.2) is 40.3 Å². The number of carbonyl (C=O) groups excluding carboxylic acids is 1. The van der Waals surface area contributed by atoms with Crippen molar-refractivity contribution in [2.24, 2.45) is 5.73 Å². The van der Waals surface area contributed by atoms with E-state index in [1.165, 1.54) is 0 Å². The maximum Gasteiger partial charge on any atom is 0.265 e. The summed E-state index contributed by atoms with van der Waals surface area (Å²) in [5.74, 6) is -0.147. The molecule has 100 valence electrons. The topological polar surface area (TPSA) is 90.1 Å². The predicted octanol–water partition coefficient (Wildman–Crippen LogP) is 0.335. The van der Waals surface area contributed by atoms with Gasteiger partial charge in [0.2, 0.25) is 0 Å². The molecule has 1 aliphatic carbocycles. The molecule has 0 saturated heterocycles. The first-order valence-corrected chi connectivity index (χ1v) is 6.94. The second kappa shape index (κ2) is 5.73. The summed E-state index contributed by atoms with van der Waals surface area (Å²) in [5, 5.41) is 6.85. The zero-order valence-electron chi connectivity index (χ0n) is 10.5. The lowest BCUT2D eigenvalue weighted by Gasteiger charge is -2.42. The number of aryl methyl sites for hydroxylation is 1. The van der Waals surface area contributed by atoms with Crippen LogP contribution < -0.4 is 11.1 Å². The number of amides is 1. The van der Waals surface area contributed by atoms with Crippen LogP contribution in [0.3, 0.4) is 0 Å². The molecule has 3 N–H and O–H groups in total. The van der Waals surface area contributed by atoms with E-state index in [-0.39, 0.29) is 24.1 Å². The molecule has 0 aliphatic heterocycles. The Morgan fingerprint density at radius 2 is 2.39 bits per heavy atom. The highest BCUT2D eigenvalue weighted by Crippen LogP contribution is 2.23. The second-order valence-corrected chi connectivity index (χ2v) is 5.05. The molecule has 18 heavy (non-hydrogen) atoms. The third-order valence-electron chi connectivity index (χ3n) is 3.14. The average molecular weight is 270 g/mol. The van der Waals surface area contributed by atoms with E-state index < -0.39 is 0 Å². The molecule has 3 unspecified atom stereocenters. The molecule has 0 radical (unpaired) electrons. The third kappa shape index (κ3) is 2.52. The van der Waals surface area contributed by atoms with Gasteiger partial charge in [-0.2, -0.15) is 0 Å². The SMILES string of the molecule is CCOC1CC(N)C1NC(=O)c1snnc1CC. The monoisotopic (exact) mass is 270 g/mol. The minimum atomic E-state index is -0.147. The molecule has 6 nitrogen and oxygen atoms in total. The van der Waals surface area contributed by atoms with Crippen molar-refractivity contribution in [3.63, 3.8) is 0 Å². The number of hydrogen-bond donors (Lipinski definition) is 2. The number of hydrogen-bond acceptors (Lipinski definition) is 6. The van der Waals surface area contributed by atoms with Crippen molar-refractivity contribution in [2.75, 3.05) is 6.61 Å². The molecule has 1 aromatic heterocycles. The van der Waals surface area contributed by atoms with E-state index in [0.717, 1.165) is 23.6 Å². The van der Waals surface area contributed by atoms with Gasteiger partial charge in [-0.15, -0.1) is 5.10 Å². The Hall–Kier alpha value is -1.05. The van der Waals surface area contributed by atoms with Gasteiger partial charge in [-0.05, 0) is 31.3 Å². The molecular formula is C11H18N4O2S. The van der Waals surface area contributed by atoms with Crippen LogP contribution in [0.25, 0.3) is 0 Å². The van der Waals surface area contributed by atoms with Gasteiger partial charge in [0, 0.05) is 12.6 Å². The Kier molecular flexibility index (Phi) is 4.26. The quantitative estimate of drug-likeness (QED) is 0.805. The highest BCUT2D eigenvalue weighted by atomic mass is 32.1. The van der Waals surface area contributed by atoms with Crippen LogP contribution in [0.4, 0.5) is 0 Å². The summed E-state index contributed by atoms with van der Waals surface area (Å²) < 4.78 is 9.32. The van der Waals surface area contributed by atoms with E-state index in [2.05, 4.69) is 14.9 Å². The molecule has 0 spiro atoms. The van der Waals surface area contributed by atoms with Crippen molar-refractivity contribution in [3.05, 3.63) is 10.6 Å². The second-order valence-electron chi connectivity index (χ2n) is 4.29. The molecule has 1 fully saturated rings. The van der Waals surface area contributed by atoms with Gasteiger partial charge in [0.1, 0.15) is 4.88 Å².